The topological polar surface area (TPSA) is 69.0 Å². The Morgan fingerprint density at radius 2 is 2.24 bits per heavy atom. The molecule has 1 N–H and O–H groups in total. The summed E-state index contributed by atoms with van der Waals surface area (Å²) < 4.78 is 6.54. The highest BCUT2D eigenvalue weighted by molar-refractivity contribution is 5.91. The average molecular weight is 232 g/mol. The SMILES string of the molecule is CNC(=O)c1ccn(-c2ccc(OC)nc2)n1. The number of hydrogen-bond donors (Lipinski definition) is 1. The van der Waals surface area contributed by atoms with E-state index in [2.05, 4.69) is 15.4 Å². The number of ether oxygens (including phenoxy) is 1. The molecule has 0 saturated heterocycles. The van der Waals surface area contributed by atoms with E-state index in [0.717, 1.165) is 5.69 Å². The standard InChI is InChI=1S/C11H12N4O2/c1-12-11(16)9-5-6-15(14-9)8-3-4-10(17-2)13-7-8/h3-7H,1-2H3,(H,12,16). The summed E-state index contributed by atoms with van der Waals surface area (Å²) in [6.45, 7) is 0. The molecule has 6 nitrogen and oxygen atoms in total. The number of methoxy groups -OCH3 is 1. The van der Waals surface area contributed by atoms with Crippen molar-refractivity contribution in [3.63, 3.8) is 0 Å². The molecule has 0 unspecified atom stereocenters. The predicted octanol–water partition coefficient (Wildman–Crippen LogP) is 0.635. The van der Waals surface area contributed by atoms with Gasteiger partial charge in [-0.1, -0.05) is 0 Å². The van der Waals surface area contributed by atoms with Gasteiger partial charge in [-0.05, 0) is 12.1 Å². The predicted molar refractivity (Wildman–Crippen MR) is 61.3 cm³/mol. The molecule has 0 radical (unpaired) electrons. The Kier molecular flexibility index (Phi) is 3.04. The van der Waals surface area contributed by atoms with Gasteiger partial charge in [0.1, 0.15) is 0 Å². The van der Waals surface area contributed by atoms with Crippen molar-refractivity contribution in [2.75, 3.05) is 14.2 Å². The fraction of sp³-hybridized carbons (Fsp3) is 0.182. The first-order chi connectivity index (χ1) is 8.24. The van der Waals surface area contributed by atoms with Crippen LogP contribution in [0.3, 0.4) is 0 Å². The zero-order chi connectivity index (χ0) is 12.3. The summed E-state index contributed by atoms with van der Waals surface area (Å²) in [5, 5.41) is 6.64. The van der Waals surface area contributed by atoms with Crippen molar-refractivity contribution < 1.29 is 9.53 Å². The maximum Gasteiger partial charge on any atom is 0.271 e. The van der Waals surface area contributed by atoms with Gasteiger partial charge < -0.3 is 10.1 Å². The molecular weight excluding hydrogens is 220 g/mol. The lowest BCUT2D eigenvalue weighted by molar-refractivity contribution is 0.0957. The molecule has 0 aromatic carbocycles. The largest absolute Gasteiger partial charge is 0.481 e. The maximum absolute atomic E-state index is 11.3. The quantitative estimate of drug-likeness (QED) is 0.843. The van der Waals surface area contributed by atoms with Gasteiger partial charge >= 0.3 is 0 Å². The molecule has 6 heteroatoms. The number of amides is 1. The average Bonchev–Trinajstić information content (AvgIpc) is 2.87. The Balaban J connectivity index is 2.27. The summed E-state index contributed by atoms with van der Waals surface area (Å²) in [7, 11) is 3.12. The van der Waals surface area contributed by atoms with E-state index in [0.29, 0.717) is 11.6 Å². The summed E-state index contributed by atoms with van der Waals surface area (Å²) in [4.78, 5) is 15.4. The zero-order valence-electron chi connectivity index (χ0n) is 9.54. The first-order valence-corrected chi connectivity index (χ1v) is 5.03. The Labute approximate surface area is 98.2 Å². The van der Waals surface area contributed by atoms with Crippen LogP contribution in [0.4, 0.5) is 0 Å². The molecule has 0 atom stereocenters. The lowest BCUT2D eigenvalue weighted by atomic mass is 10.4. The van der Waals surface area contributed by atoms with Crippen molar-refractivity contribution >= 4 is 5.91 Å². The minimum Gasteiger partial charge on any atom is -0.481 e. The molecule has 0 aliphatic heterocycles. The minimum absolute atomic E-state index is 0.217. The summed E-state index contributed by atoms with van der Waals surface area (Å²) in [6.07, 6.45) is 3.33. The molecule has 0 aliphatic carbocycles. The number of rotatable bonds is 3. The van der Waals surface area contributed by atoms with Crippen molar-refractivity contribution in [2.45, 2.75) is 0 Å². The van der Waals surface area contributed by atoms with Crippen LogP contribution in [0.15, 0.2) is 30.6 Å². The van der Waals surface area contributed by atoms with Gasteiger partial charge in [0, 0.05) is 19.3 Å². The lowest BCUT2D eigenvalue weighted by Gasteiger charge is -2.02. The second-order valence-electron chi connectivity index (χ2n) is 3.28. The molecule has 0 bridgehead atoms. The first-order valence-electron chi connectivity index (χ1n) is 5.03. The monoisotopic (exact) mass is 232 g/mol. The second-order valence-corrected chi connectivity index (χ2v) is 3.28. The highest BCUT2D eigenvalue weighted by Crippen LogP contribution is 2.10. The number of carbonyl (C=O) groups is 1. The third kappa shape index (κ3) is 2.25. The summed E-state index contributed by atoms with van der Waals surface area (Å²) in [5.74, 6) is 0.317. The van der Waals surface area contributed by atoms with E-state index in [9.17, 15) is 4.79 Å². The molecule has 2 aromatic rings. The van der Waals surface area contributed by atoms with Crippen LogP contribution in [-0.4, -0.2) is 34.8 Å². The van der Waals surface area contributed by atoms with Crippen LogP contribution < -0.4 is 10.1 Å². The zero-order valence-corrected chi connectivity index (χ0v) is 9.54. The van der Waals surface area contributed by atoms with Crippen molar-refractivity contribution in [3.8, 4) is 11.6 Å². The summed E-state index contributed by atoms with van der Waals surface area (Å²) >= 11 is 0. The van der Waals surface area contributed by atoms with Crippen LogP contribution in [0.5, 0.6) is 5.88 Å². The molecule has 2 rings (SSSR count). The third-order valence-corrected chi connectivity index (χ3v) is 2.24. The highest BCUT2D eigenvalue weighted by atomic mass is 16.5. The molecule has 0 spiro atoms. The number of hydrogen-bond acceptors (Lipinski definition) is 4. The number of aromatic nitrogens is 3. The van der Waals surface area contributed by atoms with Crippen molar-refractivity contribution in [1.82, 2.24) is 20.1 Å². The number of nitrogens with zero attached hydrogens (tertiary/aromatic N) is 3. The van der Waals surface area contributed by atoms with Gasteiger partial charge in [-0.2, -0.15) is 5.10 Å². The molecular formula is C11H12N4O2. The fourth-order valence-corrected chi connectivity index (χ4v) is 1.35. The van der Waals surface area contributed by atoms with Crippen LogP contribution in [0, 0.1) is 0 Å². The molecule has 2 aromatic heterocycles. The van der Waals surface area contributed by atoms with Gasteiger partial charge in [-0.15, -0.1) is 0 Å². The van der Waals surface area contributed by atoms with Crippen LogP contribution in [0.25, 0.3) is 5.69 Å². The Morgan fingerprint density at radius 1 is 1.41 bits per heavy atom. The summed E-state index contributed by atoms with van der Waals surface area (Å²) in [5.41, 5.74) is 1.13. The van der Waals surface area contributed by atoms with E-state index < -0.39 is 0 Å². The fourth-order valence-electron chi connectivity index (χ4n) is 1.35. The Morgan fingerprint density at radius 3 is 2.82 bits per heavy atom. The van der Waals surface area contributed by atoms with E-state index in [-0.39, 0.29) is 5.91 Å². The molecule has 88 valence electrons. The number of carbonyl (C=O) groups excluding carboxylic acids is 1. The van der Waals surface area contributed by atoms with E-state index >= 15 is 0 Å². The van der Waals surface area contributed by atoms with E-state index in [4.69, 9.17) is 4.74 Å². The maximum atomic E-state index is 11.3. The van der Waals surface area contributed by atoms with Crippen LogP contribution in [0.2, 0.25) is 0 Å². The van der Waals surface area contributed by atoms with Crippen molar-refractivity contribution in [3.05, 3.63) is 36.3 Å². The van der Waals surface area contributed by atoms with E-state index in [1.54, 1.807) is 43.4 Å². The summed E-state index contributed by atoms with van der Waals surface area (Å²) in [6, 6.07) is 5.19. The van der Waals surface area contributed by atoms with Gasteiger partial charge in [-0.3, -0.25) is 4.79 Å². The minimum atomic E-state index is -0.217. The van der Waals surface area contributed by atoms with Gasteiger partial charge in [0.05, 0.1) is 19.0 Å². The van der Waals surface area contributed by atoms with Crippen LogP contribution >= 0.6 is 0 Å². The Bertz CT molecular complexity index is 519. The third-order valence-electron chi connectivity index (χ3n) is 2.24. The molecule has 1 amide bonds. The van der Waals surface area contributed by atoms with Crippen molar-refractivity contribution in [2.24, 2.45) is 0 Å². The first kappa shape index (κ1) is 11.1. The second kappa shape index (κ2) is 4.65. The number of pyridine rings is 1. The smallest absolute Gasteiger partial charge is 0.271 e. The molecule has 2 heterocycles. The normalized spacial score (nSPS) is 10.0. The van der Waals surface area contributed by atoms with E-state index in [1.807, 2.05) is 6.07 Å². The Hall–Kier alpha value is -2.37. The van der Waals surface area contributed by atoms with Crippen LogP contribution in [-0.2, 0) is 0 Å². The van der Waals surface area contributed by atoms with Crippen LogP contribution in [0.1, 0.15) is 10.5 Å². The lowest BCUT2D eigenvalue weighted by Crippen LogP contribution is -2.18. The molecule has 0 saturated carbocycles. The highest BCUT2D eigenvalue weighted by Gasteiger charge is 2.07. The van der Waals surface area contributed by atoms with E-state index in [1.165, 1.54) is 0 Å². The molecule has 0 fully saturated rings. The van der Waals surface area contributed by atoms with Gasteiger partial charge in [0.2, 0.25) is 5.88 Å². The van der Waals surface area contributed by atoms with Gasteiger partial charge in [-0.25, -0.2) is 9.67 Å². The number of nitrogens with one attached hydrogen (secondary N) is 1. The van der Waals surface area contributed by atoms with Gasteiger partial charge in [0.25, 0.3) is 5.91 Å². The van der Waals surface area contributed by atoms with Crippen molar-refractivity contribution in [1.29, 1.82) is 0 Å². The molecule has 17 heavy (non-hydrogen) atoms. The molecule has 0 aliphatic rings. The van der Waals surface area contributed by atoms with Gasteiger partial charge in [0.15, 0.2) is 5.69 Å².